The number of nitrogens with zero attached hydrogens (tertiary/aromatic N) is 1. The van der Waals surface area contributed by atoms with Crippen LogP contribution in [-0.2, 0) is 9.05 Å². The number of aryl methyl sites for hydroxylation is 1. The number of rotatable bonds is 3. The molecule has 6 nitrogen and oxygen atoms in total. The summed E-state index contributed by atoms with van der Waals surface area (Å²) < 4.78 is 27.1. The Morgan fingerprint density at radius 3 is 2.38 bits per heavy atom. The zero-order valence-corrected chi connectivity index (χ0v) is 10.0. The highest BCUT2D eigenvalue weighted by Gasteiger charge is 2.23. The molecule has 0 aliphatic heterocycles. The summed E-state index contributed by atoms with van der Waals surface area (Å²) in [6, 6.07) is 2.14. The van der Waals surface area contributed by atoms with E-state index in [9.17, 15) is 18.5 Å². The Morgan fingerprint density at radius 1 is 1.44 bits per heavy atom. The van der Waals surface area contributed by atoms with Crippen LogP contribution in [0.1, 0.15) is 5.56 Å². The summed E-state index contributed by atoms with van der Waals surface area (Å²) in [5, 5.41) is 10.6. The fraction of sp³-hybridized carbons (Fsp3) is 0.250. The highest BCUT2D eigenvalue weighted by atomic mass is 35.7. The second-order valence-electron chi connectivity index (χ2n) is 2.98. The Morgan fingerprint density at radius 2 is 2.00 bits per heavy atom. The van der Waals surface area contributed by atoms with Crippen molar-refractivity contribution in [2.24, 2.45) is 0 Å². The minimum absolute atomic E-state index is 0.0156. The molecule has 1 aromatic carbocycles. The molecular formula is C8H8ClNO5S. The normalized spacial score (nSPS) is 11.2. The lowest BCUT2D eigenvalue weighted by molar-refractivity contribution is -0.385. The van der Waals surface area contributed by atoms with E-state index in [1.165, 1.54) is 20.1 Å². The quantitative estimate of drug-likeness (QED) is 0.473. The molecule has 1 aromatic rings. The van der Waals surface area contributed by atoms with Crippen LogP contribution in [0.5, 0.6) is 5.75 Å². The predicted octanol–water partition coefficient (Wildman–Crippen LogP) is 1.84. The van der Waals surface area contributed by atoms with Crippen molar-refractivity contribution in [2.45, 2.75) is 11.8 Å². The third kappa shape index (κ3) is 2.42. The molecule has 0 heterocycles. The Balaban J connectivity index is 3.60. The van der Waals surface area contributed by atoms with E-state index < -0.39 is 18.9 Å². The molecule has 88 valence electrons. The summed E-state index contributed by atoms with van der Waals surface area (Å²) in [5.41, 5.74) is -0.0223. The molecule has 1 rings (SSSR count). The molecule has 0 saturated carbocycles. The van der Waals surface area contributed by atoms with Crippen LogP contribution in [0.2, 0.25) is 0 Å². The summed E-state index contributed by atoms with van der Waals surface area (Å²) in [7, 11) is 2.32. The zero-order chi connectivity index (χ0) is 12.5. The predicted molar refractivity (Wildman–Crippen MR) is 57.4 cm³/mol. The van der Waals surface area contributed by atoms with E-state index >= 15 is 0 Å². The van der Waals surface area contributed by atoms with E-state index in [1.807, 2.05) is 0 Å². The molecule has 0 unspecified atom stereocenters. The molecule has 0 N–H and O–H groups in total. The largest absolute Gasteiger partial charge is 0.495 e. The Labute approximate surface area is 96.4 Å². The van der Waals surface area contributed by atoms with Gasteiger partial charge in [-0.05, 0) is 13.0 Å². The molecule has 0 spiro atoms. The standard InChI is InChI=1S/C8H8ClNO5S/c1-5-3-7(15-2)8(16(9,13)14)4-6(5)10(11)12/h3-4H,1-2H3. The number of nitro benzene ring substituents is 1. The lowest BCUT2D eigenvalue weighted by Gasteiger charge is -2.06. The van der Waals surface area contributed by atoms with Crippen LogP contribution in [0.25, 0.3) is 0 Å². The van der Waals surface area contributed by atoms with E-state index in [0.717, 1.165) is 6.07 Å². The summed E-state index contributed by atoms with van der Waals surface area (Å²) >= 11 is 0. The van der Waals surface area contributed by atoms with Crippen LogP contribution in [-0.4, -0.2) is 20.5 Å². The minimum Gasteiger partial charge on any atom is -0.495 e. The van der Waals surface area contributed by atoms with Gasteiger partial charge in [-0.1, -0.05) is 0 Å². The van der Waals surface area contributed by atoms with Gasteiger partial charge >= 0.3 is 0 Å². The molecule has 0 bridgehead atoms. The third-order valence-corrected chi connectivity index (χ3v) is 3.28. The van der Waals surface area contributed by atoms with Crippen molar-refractivity contribution in [3.05, 3.63) is 27.8 Å². The van der Waals surface area contributed by atoms with Crippen LogP contribution in [0.4, 0.5) is 5.69 Å². The molecule has 0 aliphatic carbocycles. The molecule has 0 aromatic heterocycles. The van der Waals surface area contributed by atoms with Gasteiger partial charge in [0.15, 0.2) is 0 Å². The van der Waals surface area contributed by atoms with Gasteiger partial charge in [-0.15, -0.1) is 0 Å². The van der Waals surface area contributed by atoms with Crippen molar-refractivity contribution >= 4 is 25.4 Å². The number of ether oxygens (including phenoxy) is 1. The Kier molecular flexibility index (Phi) is 3.39. The van der Waals surface area contributed by atoms with Crippen LogP contribution in [0.3, 0.4) is 0 Å². The monoisotopic (exact) mass is 265 g/mol. The van der Waals surface area contributed by atoms with Crippen molar-refractivity contribution in [3.8, 4) is 5.75 Å². The Bertz CT molecular complexity index is 540. The molecule has 16 heavy (non-hydrogen) atoms. The van der Waals surface area contributed by atoms with Gasteiger partial charge in [-0.2, -0.15) is 0 Å². The average molecular weight is 266 g/mol. The first kappa shape index (κ1) is 12.7. The molecular weight excluding hydrogens is 258 g/mol. The van der Waals surface area contributed by atoms with E-state index in [4.69, 9.17) is 15.4 Å². The topological polar surface area (TPSA) is 86.5 Å². The van der Waals surface area contributed by atoms with Crippen molar-refractivity contribution in [3.63, 3.8) is 0 Å². The number of methoxy groups -OCH3 is 1. The van der Waals surface area contributed by atoms with Crippen LogP contribution >= 0.6 is 10.7 Å². The highest BCUT2D eigenvalue weighted by Crippen LogP contribution is 2.33. The SMILES string of the molecule is COc1cc(C)c([N+](=O)[O-])cc1S(=O)(=O)Cl. The minimum atomic E-state index is -4.08. The van der Waals surface area contributed by atoms with Crippen molar-refractivity contribution < 1.29 is 18.1 Å². The fourth-order valence-electron chi connectivity index (χ4n) is 1.20. The third-order valence-electron chi connectivity index (χ3n) is 1.94. The summed E-state index contributed by atoms with van der Waals surface area (Å²) in [4.78, 5) is 9.54. The number of benzene rings is 1. The number of nitro groups is 1. The lowest BCUT2D eigenvalue weighted by atomic mass is 10.2. The van der Waals surface area contributed by atoms with Gasteiger partial charge in [0.2, 0.25) is 0 Å². The molecule has 0 radical (unpaired) electrons. The molecule has 0 fully saturated rings. The highest BCUT2D eigenvalue weighted by molar-refractivity contribution is 8.13. The van der Waals surface area contributed by atoms with E-state index in [-0.39, 0.29) is 11.4 Å². The van der Waals surface area contributed by atoms with Crippen molar-refractivity contribution in [1.29, 1.82) is 0 Å². The first-order chi connectivity index (χ1) is 7.27. The van der Waals surface area contributed by atoms with Gasteiger partial charge in [-0.3, -0.25) is 10.1 Å². The van der Waals surface area contributed by atoms with Gasteiger partial charge in [0.25, 0.3) is 14.7 Å². The van der Waals surface area contributed by atoms with Crippen molar-refractivity contribution in [2.75, 3.05) is 7.11 Å². The van der Waals surface area contributed by atoms with Gasteiger partial charge < -0.3 is 4.74 Å². The van der Waals surface area contributed by atoms with E-state index in [1.54, 1.807) is 0 Å². The van der Waals surface area contributed by atoms with Crippen LogP contribution in [0, 0.1) is 17.0 Å². The maximum atomic E-state index is 11.2. The number of hydrogen-bond acceptors (Lipinski definition) is 5. The van der Waals surface area contributed by atoms with E-state index in [0.29, 0.717) is 5.56 Å². The van der Waals surface area contributed by atoms with Gasteiger partial charge in [0, 0.05) is 22.3 Å². The number of halogens is 1. The summed E-state index contributed by atoms with van der Waals surface area (Å²) in [6.07, 6.45) is 0. The van der Waals surface area contributed by atoms with Crippen LogP contribution < -0.4 is 4.74 Å². The maximum absolute atomic E-state index is 11.2. The van der Waals surface area contributed by atoms with Gasteiger partial charge in [0.1, 0.15) is 10.6 Å². The summed E-state index contributed by atoms with van der Waals surface area (Å²) in [5.74, 6) is -0.0156. The lowest BCUT2D eigenvalue weighted by Crippen LogP contribution is -2.00. The molecule has 0 aliphatic rings. The second-order valence-corrected chi connectivity index (χ2v) is 5.52. The zero-order valence-electron chi connectivity index (χ0n) is 8.43. The summed E-state index contributed by atoms with van der Waals surface area (Å²) in [6.45, 7) is 1.48. The molecule has 0 saturated heterocycles. The number of hydrogen-bond donors (Lipinski definition) is 0. The van der Waals surface area contributed by atoms with Gasteiger partial charge in [0.05, 0.1) is 12.0 Å². The maximum Gasteiger partial charge on any atom is 0.273 e. The first-order valence-electron chi connectivity index (χ1n) is 4.05. The molecule has 0 atom stereocenters. The molecule has 8 heteroatoms. The molecule has 0 amide bonds. The van der Waals surface area contributed by atoms with E-state index in [2.05, 4.69) is 0 Å². The average Bonchev–Trinajstić information content (AvgIpc) is 2.14. The van der Waals surface area contributed by atoms with Crippen LogP contribution in [0.15, 0.2) is 17.0 Å². The van der Waals surface area contributed by atoms with Crippen molar-refractivity contribution in [1.82, 2.24) is 0 Å². The fourth-order valence-corrected chi connectivity index (χ4v) is 2.19. The van der Waals surface area contributed by atoms with Gasteiger partial charge in [-0.25, -0.2) is 8.42 Å². The Hall–Kier alpha value is -1.34. The smallest absolute Gasteiger partial charge is 0.273 e. The first-order valence-corrected chi connectivity index (χ1v) is 6.36. The second kappa shape index (κ2) is 4.26.